The molecule has 8 nitrogen and oxygen atoms in total. The number of aromatic nitrogens is 3. The number of carbonyl (C=O) groups is 1. The standard InChI is InChI=1S/C15H16N4O4/c1-9-6-14(17-10(2)11(9)7-16)22-8-12-18-13(23-19-12)4-5-15(20)21-3/h6H,4-5,8H2,1-3H3. The Morgan fingerprint density at radius 3 is 2.83 bits per heavy atom. The third kappa shape index (κ3) is 4.26. The van der Waals surface area contributed by atoms with Gasteiger partial charge in [0.05, 0.1) is 24.8 Å². The fourth-order valence-electron chi connectivity index (χ4n) is 1.94. The second-order valence-electron chi connectivity index (χ2n) is 4.82. The van der Waals surface area contributed by atoms with E-state index in [1.807, 2.05) is 6.92 Å². The molecule has 0 amide bonds. The first-order valence-electron chi connectivity index (χ1n) is 6.93. The molecule has 0 fully saturated rings. The quantitative estimate of drug-likeness (QED) is 0.739. The van der Waals surface area contributed by atoms with Crippen molar-refractivity contribution in [2.24, 2.45) is 0 Å². The van der Waals surface area contributed by atoms with Crippen LogP contribution in [0.3, 0.4) is 0 Å². The third-order valence-corrected chi connectivity index (χ3v) is 3.12. The Morgan fingerprint density at radius 1 is 1.39 bits per heavy atom. The van der Waals surface area contributed by atoms with Gasteiger partial charge >= 0.3 is 5.97 Å². The average molecular weight is 316 g/mol. The van der Waals surface area contributed by atoms with Gasteiger partial charge in [0, 0.05) is 12.5 Å². The number of ether oxygens (including phenoxy) is 2. The van der Waals surface area contributed by atoms with E-state index in [1.54, 1.807) is 13.0 Å². The molecular formula is C15H16N4O4. The smallest absolute Gasteiger partial charge is 0.306 e. The molecule has 120 valence electrons. The van der Waals surface area contributed by atoms with E-state index in [4.69, 9.17) is 14.5 Å². The minimum Gasteiger partial charge on any atom is -0.469 e. The van der Waals surface area contributed by atoms with Crippen molar-refractivity contribution in [2.75, 3.05) is 7.11 Å². The molecule has 0 saturated heterocycles. The molecule has 0 aromatic carbocycles. The topological polar surface area (TPSA) is 111 Å². The molecule has 2 aromatic rings. The van der Waals surface area contributed by atoms with Crippen LogP contribution in [0.2, 0.25) is 0 Å². The number of aryl methyl sites for hydroxylation is 3. The van der Waals surface area contributed by atoms with Crippen molar-refractivity contribution in [2.45, 2.75) is 33.3 Å². The maximum absolute atomic E-state index is 11.1. The summed E-state index contributed by atoms with van der Waals surface area (Å²) in [5, 5.41) is 12.8. The summed E-state index contributed by atoms with van der Waals surface area (Å²) < 4.78 is 15.1. The summed E-state index contributed by atoms with van der Waals surface area (Å²) >= 11 is 0. The summed E-state index contributed by atoms with van der Waals surface area (Å²) in [7, 11) is 1.32. The predicted molar refractivity (Wildman–Crippen MR) is 77.4 cm³/mol. The van der Waals surface area contributed by atoms with Crippen molar-refractivity contribution >= 4 is 5.97 Å². The fraction of sp³-hybridized carbons (Fsp3) is 0.400. The van der Waals surface area contributed by atoms with E-state index in [0.717, 1.165) is 5.56 Å². The first kappa shape index (κ1) is 16.4. The number of esters is 1. The number of carbonyl (C=O) groups excluding carboxylic acids is 1. The van der Waals surface area contributed by atoms with E-state index in [9.17, 15) is 4.79 Å². The van der Waals surface area contributed by atoms with E-state index in [1.165, 1.54) is 7.11 Å². The Hall–Kier alpha value is -2.95. The van der Waals surface area contributed by atoms with Crippen LogP contribution in [0.1, 0.15) is 35.0 Å². The highest BCUT2D eigenvalue weighted by Gasteiger charge is 2.11. The van der Waals surface area contributed by atoms with Crippen molar-refractivity contribution in [3.8, 4) is 11.9 Å². The van der Waals surface area contributed by atoms with Crippen LogP contribution in [0.15, 0.2) is 10.6 Å². The molecule has 8 heteroatoms. The van der Waals surface area contributed by atoms with Crippen LogP contribution in [-0.4, -0.2) is 28.2 Å². The zero-order chi connectivity index (χ0) is 16.8. The Bertz CT molecular complexity index is 725. The van der Waals surface area contributed by atoms with E-state index in [-0.39, 0.29) is 19.0 Å². The lowest BCUT2D eigenvalue weighted by Gasteiger charge is -2.06. The zero-order valence-corrected chi connectivity index (χ0v) is 13.1. The maximum atomic E-state index is 11.1. The monoisotopic (exact) mass is 316 g/mol. The average Bonchev–Trinajstić information content (AvgIpc) is 2.98. The van der Waals surface area contributed by atoms with E-state index in [2.05, 4.69) is 25.9 Å². The van der Waals surface area contributed by atoms with Gasteiger partial charge in [-0.3, -0.25) is 4.79 Å². The molecule has 2 heterocycles. The molecule has 0 bridgehead atoms. The number of nitriles is 1. The Labute approximate surface area is 133 Å². The minimum absolute atomic E-state index is 0.0828. The van der Waals surface area contributed by atoms with Gasteiger partial charge in [0.2, 0.25) is 17.6 Å². The molecule has 2 aromatic heterocycles. The van der Waals surface area contributed by atoms with Crippen molar-refractivity contribution in [1.29, 1.82) is 5.26 Å². The molecule has 0 radical (unpaired) electrons. The van der Waals surface area contributed by atoms with Crippen LogP contribution in [0, 0.1) is 25.2 Å². The van der Waals surface area contributed by atoms with Gasteiger partial charge in [-0.05, 0) is 19.4 Å². The number of methoxy groups -OCH3 is 1. The van der Waals surface area contributed by atoms with E-state index >= 15 is 0 Å². The van der Waals surface area contributed by atoms with Gasteiger partial charge in [0.1, 0.15) is 6.07 Å². The van der Waals surface area contributed by atoms with Crippen LogP contribution in [0.25, 0.3) is 0 Å². The normalized spacial score (nSPS) is 10.2. The first-order valence-corrected chi connectivity index (χ1v) is 6.93. The molecule has 2 rings (SSSR count). The SMILES string of the molecule is COC(=O)CCc1nc(COc2cc(C)c(C#N)c(C)n2)no1. The van der Waals surface area contributed by atoms with E-state index in [0.29, 0.717) is 35.3 Å². The zero-order valence-electron chi connectivity index (χ0n) is 13.1. The molecule has 0 aliphatic heterocycles. The van der Waals surface area contributed by atoms with Gasteiger partial charge < -0.3 is 14.0 Å². The molecule has 0 aliphatic carbocycles. The molecule has 0 unspecified atom stereocenters. The predicted octanol–water partition coefficient (Wildman–Crippen LogP) is 1.64. The van der Waals surface area contributed by atoms with Crippen molar-refractivity contribution < 1.29 is 18.8 Å². The second-order valence-corrected chi connectivity index (χ2v) is 4.82. The van der Waals surface area contributed by atoms with Crippen LogP contribution >= 0.6 is 0 Å². The Morgan fingerprint density at radius 2 is 2.17 bits per heavy atom. The van der Waals surface area contributed by atoms with Gasteiger partial charge in [0.15, 0.2) is 6.61 Å². The number of hydrogen-bond donors (Lipinski definition) is 0. The Kier molecular flexibility index (Phi) is 5.25. The van der Waals surface area contributed by atoms with Crippen molar-refractivity contribution in [3.05, 3.63) is 34.6 Å². The molecule has 0 spiro atoms. The summed E-state index contributed by atoms with van der Waals surface area (Å²) in [6.07, 6.45) is 0.488. The molecule has 0 aliphatic rings. The number of hydrogen-bond acceptors (Lipinski definition) is 8. The lowest BCUT2D eigenvalue weighted by molar-refractivity contribution is -0.140. The molecular weight excluding hydrogens is 300 g/mol. The highest BCUT2D eigenvalue weighted by Crippen LogP contribution is 2.17. The summed E-state index contributed by atoms with van der Waals surface area (Å²) in [6.45, 7) is 3.65. The summed E-state index contributed by atoms with van der Waals surface area (Å²) in [5.74, 6) is 0.745. The summed E-state index contributed by atoms with van der Waals surface area (Å²) in [4.78, 5) is 19.4. The fourth-order valence-corrected chi connectivity index (χ4v) is 1.94. The third-order valence-electron chi connectivity index (χ3n) is 3.12. The summed E-state index contributed by atoms with van der Waals surface area (Å²) in [6, 6.07) is 3.78. The maximum Gasteiger partial charge on any atom is 0.306 e. The molecule has 0 N–H and O–H groups in total. The second kappa shape index (κ2) is 7.35. The first-order chi connectivity index (χ1) is 11.0. The molecule has 0 atom stereocenters. The lowest BCUT2D eigenvalue weighted by Crippen LogP contribution is -2.03. The van der Waals surface area contributed by atoms with Crippen LogP contribution in [0.5, 0.6) is 5.88 Å². The highest BCUT2D eigenvalue weighted by molar-refractivity contribution is 5.69. The van der Waals surface area contributed by atoms with E-state index < -0.39 is 0 Å². The van der Waals surface area contributed by atoms with Gasteiger partial charge in [-0.1, -0.05) is 5.16 Å². The van der Waals surface area contributed by atoms with Gasteiger partial charge in [-0.15, -0.1) is 0 Å². The Balaban J connectivity index is 1.95. The van der Waals surface area contributed by atoms with Crippen LogP contribution < -0.4 is 4.74 Å². The molecule has 0 saturated carbocycles. The lowest BCUT2D eigenvalue weighted by atomic mass is 10.1. The summed E-state index contributed by atoms with van der Waals surface area (Å²) in [5.41, 5.74) is 1.94. The number of pyridine rings is 1. The van der Waals surface area contributed by atoms with Crippen molar-refractivity contribution in [3.63, 3.8) is 0 Å². The van der Waals surface area contributed by atoms with Gasteiger partial charge in [-0.25, -0.2) is 4.98 Å². The molecule has 23 heavy (non-hydrogen) atoms. The minimum atomic E-state index is -0.339. The number of rotatable bonds is 6. The van der Waals surface area contributed by atoms with Gasteiger partial charge in [-0.2, -0.15) is 10.2 Å². The van der Waals surface area contributed by atoms with Crippen LogP contribution in [0.4, 0.5) is 0 Å². The number of nitrogens with zero attached hydrogens (tertiary/aromatic N) is 4. The van der Waals surface area contributed by atoms with Crippen molar-refractivity contribution in [1.82, 2.24) is 15.1 Å². The largest absolute Gasteiger partial charge is 0.469 e. The highest BCUT2D eigenvalue weighted by atomic mass is 16.5. The van der Waals surface area contributed by atoms with Gasteiger partial charge in [0.25, 0.3) is 0 Å². The van der Waals surface area contributed by atoms with Crippen LogP contribution in [-0.2, 0) is 22.6 Å².